The van der Waals surface area contributed by atoms with E-state index in [1.165, 1.54) is 18.4 Å². The third kappa shape index (κ3) is 3.87. The van der Waals surface area contributed by atoms with Gasteiger partial charge in [-0.05, 0) is 37.1 Å². The lowest BCUT2D eigenvalue weighted by atomic mass is 10.1. The lowest BCUT2D eigenvalue weighted by Crippen LogP contribution is -2.35. The first kappa shape index (κ1) is 18.7. The monoisotopic (exact) mass is 390 g/mol. The zero-order valence-corrected chi connectivity index (χ0v) is 15.8. The number of methoxy groups -OCH3 is 1. The number of carbonyl (C=O) groups is 3. The maximum atomic E-state index is 12.2. The van der Waals surface area contributed by atoms with Gasteiger partial charge in [0.05, 0.1) is 12.7 Å². The minimum Gasteiger partial charge on any atom is -0.465 e. The third-order valence-corrected chi connectivity index (χ3v) is 5.22. The molecule has 0 aliphatic carbocycles. The molecule has 0 atom stereocenters. The molecule has 0 radical (unpaired) electrons. The number of nitrogens with one attached hydrogen (secondary N) is 2. The van der Waals surface area contributed by atoms with Crippen molar-refractivity contribution in [2.45, 2.75) is 20.4 Å². The van der Waals surface area contributed by atoms with Gasteiger partial charge in [-0.2, -0.15) is 0 Å². The molecular weight excluding hydrogens is 372 g/mol. The fraction of sp³-hybridized carbons (Fsp3) is 0.278. The molecule has 0 spiro atoms. The van der Waals surface area contributed by atoms with Crippen molar-refractivity contribution in [2.75, 3.05) is 19.2 Å². The van der Waals surface area contributed by atoms with Crippen molar-refractivity contribution in [2.24, 2.45) is 0 Å². The smallest absolute Gasteiger partial charge is 0.341 e. The highest BCUT2D eigenvalue weighted by Crippen LogP contribution is 2.33. The second-order valence-corrected chi connectivity index (χ2v) is 7.03. The standard InChI is InChI=1S/C18H18N2O6S/c1-9-10(2)27-17(14(9)18(23)24-3)20-16(22)15(21)19-7-11-4-5-12-13(6-11)26-8-25-12/h4-6H,7-8H2,1-3H3,(H,19,21)(H,20,22). The van der Waals surface area contributed by atoms with Gasteiger partial charge in [-0.3, -0.25) is 9.59 Å². The Morgan fingerprint density at radius 1 is 1.15 bits per heavy atom. The summed E-state index contributed by atoms with van der Waals surface area (Å²) in [5, 5.41) is 5.31. The van der Waals surface area contributed by atoms with E-state index < -0.39 is 17.8 Å². The van der Waals surface area contributed by atoms with Gasteiger partial charge in [0.25, 0.3) is 0 Å². The summed E-state index contributed by atoms with van der Waals surface area (Å²) in [4.78, 5) is 37.1. The summed E-state index contributed by atoms with van der Waals surface area (Å²) in [5.74, 6) is -0.998. The van der Waals surface area contributed by atoms with Gasteiger partial charge >= 0.3 is 17.8 Å². The Bertz CT molecular complexity index is 921. The average molecular weight is 390 g/mol. The van der Waals surface area contributed by atoms with Gasteiger partial charge in [0, 0.05) is 11.4 Å². The highest BCUT2D eigenvalue weighted by molar-refractivity contribution is 7.17. The fourth-order valence-electron chi connectivity index (χ4n) is 2.54. The van der Waals surface area contributed by atoms with E-state index in [2.05, 4.69) is 10.6 Å². The Morgan fingerprint density at radius 2 is 1.89 bits per heavy atom. The van der Waals surface area contributed by atoms with Crippen molar-refractivity contribution in [3.05, 3.63) is 39.8 Å². The summed E-state index contributed by atoms with van der Waals surface area (Å²) in [5.41, 5.74) is 1.73. The molecule has 2 amide bonds. The first-order valence-electron chi connectivity index (χ1n) is 8.06. The van der Waals surface area contributed by atoms with Gasteiger partial charge in [0.15, 0.2) is 11.5 Å². The number of thiophene rings is 1. The maximum Gasteiger partial charge on any atom is 0.341 e. The minimum atomic E-state index is -0.859. The molecule has 1 aromatic carbocycles. The van der Waals surface area contributed by atoms with Crippen LogP contribution in [-0.4, -0.2) is 31.7 Å². The molecule has 0 unspecified atom stereocenters. The molecule has 0 saturated heterocycles. The summed E-state index contributed by atoms with van der Waals surface area (Å²) >= 11 is 1.22. The van der Waals surface area contributed by atoms with Crippen molar-refractivity contribution in [3.8, 4) is 11.5 Å². The molecule has 1 aliphatic heterocycles. The molecule has 0 bridgehead atoms. The zero-order chi connectivity index (χ0) is 19.6. The van der Waals surface area contributed by atoms with Gasteiger partial charge in [-0.15, -0.1) is 11.3 Å². The van der Waals surface area contributed by atoms with E-state index in [9.17, 15) is 14.4 Å². The van der Waals surface area contributed by atoms with E-state index in [-0.39, 0.29) is 18.9 Å². The predicted octanol–water partition coefficient (Wildman–Crippen LogP) is 2.14. The molecule has 2 aromatic rings. The lowest BCUT2D eigenvalue weighted by Gasteiger charge is -2.08. The van der Waals surface area contributed by atoms with Gasteiger partial charge in [-0.25, -0.2) is 4.79 Å². The van der Waals surface area contributed by atoms with Crippen LogP contribution in [0, 0.1) is 13.8 Å². The zero-order valence-electron chi connectivity index (χ0n) is 15.0. The number of anilines is 1. The van der Waals surface area contributed by atoms with E-state index in [0.717, 1.165) is 10.4 Å². The Labute approximate surface area is 159 Å². The number of benzene rings is 1. The molecule has 2 N–H and O–H groups in total. The first-order valence-corrected chi connectivity index (χ1v) is 8.88. The molecule has 0 fully saturated rings. The Hall–Kier alpha value is -3.07. The molecule has 27 heavy (non-hydrogen) atoms. The van der Waals surface area contributed by atoms with Crippen LogP contribution in [0.4, 0.5) is 5.00 Å². The average Bonchev–Trinajstić information content (AvgIpc) is 3.23. The van der Waals surface area contributed by atoms with Gasteiger partial charge in [0.1, 0.15) is 5.00 Å². The number of ether oxygens (including phenoxy) is 3. The number of hydrogen-bond donors (Lipinski definition) is 2. The van der Waals surface area contributed by atoms with Crippen molar-refractivity contribution in [3.63, 3.8) is 0 Å². The Kier molecular flexibility index (Phi) is 5.31. The highest BCUT2D eigenvalue weighted by Gasteiger charge is 2.24. The van der Waals surface area contributed by atoms with Crippen LogP contribution in [-0.2, 0) is 20.9 Å². The summed E-state index contributed by atoms with van der Waals surface area (Å²) in [7, 11) is 1.26. The van der Waals surface area contributed by atoms with Crippen molar-refractivity contribution < 1.29 is 28.6 Å². The molecule has 1 aromatic heterocycles. The van der Waals surface area contributed by atoms with Gasteiger partial charge in [-0.1, -0.05) is 6.07 Å². The van der Waals surface area contributed by atoms with Gasteiger partial charge in [0.2, 0.25) is 6.79 Å². The van der Waals surface area contributed by atoms with Crippen molar-refractivity contribution in [1.82, 2.24) is 5.32 Å². The van der Waals surface area contributed by atoms with Crippen LogP contribution < -0.4 is 20.1 Å². The molecule has 9 heteroatoms. The molecule has 3 rings (SSSR count). The molecule has 1 aliphatic rings. The second kappa shape index (κ2) is 7.67. The topological polar surface area (TPSA) is 103 Å². The molecule has 142 valence electrons. The quantitative estimate of drug-likeness (QED) is 0.612. The second-order valence-electron chi connectivity index (χ2n) is 5.80. The highest BCUT2D eigenvalue weighted by atomic mass is 32.1. The molecule has 0 saturated carbocycles. The number of amides is 2. The fourth-order valence-corrected chi connectivity index (χ4v) is 3.58. The maximum absolute atomic E-state index is 12.2. The molecular formula is C18H18N2O6S. The Balaban J connectivity index is 1.64. The first-order chi connectivity index (χ1) is 12.9. The van der Waals surface area contributed by atoms with Crippen LogP contribution in [0.3, 0.4) is 0 Å². The summed E-state index contributed by atoms with van der Waals surface area (Å²) in [6, 6.07) is 5.25. The molecule has 2 heterocycles. The van der Waals surface area contributed by atoms with E-state index in [1.807, 2.05) is 6.92 Å². The van der Waals surface area contributed by atoms with Crippen LogP contribution in [0.1, 0.15) is 26.4 Å². The van der Waals surface area contributed by atoms with Crippen molar-refractivity contribution >= 4 is 34.1 Å². The summed E-state index contributed by atoms with van der Waals surface area (Å²) < 4.78 is 15.2. The van der Waals surface area contributed by atoms with Crippen LogP contribution in [0.2, 0.25) is 0 Å². The number of esters is 1. The number of rotatable bonds is 4. The SMILES string of the molecule is COC(=O)c1c(NC(=O)C(=O)NCc2ccc3c(c2)OCO3)sc(C)c1C. The van der Waals surface area contributed by atoms with Crippen LogP contribution >= 0.6 is 11.3 Å². The van der Waals surface area contributed by atoms with Crippen LogP contribution in [0.15, 0.2) is 18.2 Å². The normalized spacial score (nSPS) is 11.8. The van der Waals surface area contributed by atoms with E-state index in [4.69, 9.17) is 14.2 Å². The predicted molar refractivity (Wildman–Crippen MR) is 98.2 cm³/mol. The largest absolute Gasteiger partial charge is 0.465 e. The summed E-state index contributed by atoms with van der Waals surface area (Å²) in [6.45, 7) is 3.89. The van der Waals surface area contributed by atoms with E-state index in [0.29, 0.717) is 22.1 Å². The molecule has 8 nitrogen and oxygen atoms in total. The number of fused-ring (bicyclic) bond motifs is 1. The van der Waals surface area contributed by atoms with Crippen molar-refractivity contribution in [1.29, 1.82) is 0 Å². The lowest BCUT2D eigenvalue weighted by molar-refractivity contribution is -0.136. The number of aryl methyl sites for hydroxylation is 1. The Morgan fingerprint density at radius 3 is 2.63 bits per heavy atom. The number of carbonyl (C=O) groups excluding carboxylic acids is 3. The summed E-state index contributed by atoms with van der Waals surface area (Å²) in [6.07, 6.45) is 0. The third-order valence-electron chi connectivity index (χ3n) is 4.10. The van der Waals surface area contributed by atoms with Gasteiger partial charge < -0.3 is 24.8 Å². The minimum absolute atomic E-state index is 0.148. The van der Waals surface area contributed by atoms with E-state index >= 15 is 0 Å². The van der Waals surface area contributed by atoms with E-state index in [1.54, 1.807) is 25.1 Å². The van der Waals surface area contributed by atoms with Crippen LogP contribution in [0.25, 0.3) is 0 Å². The van der Waals surface area contributed by atoms with Crippen LogP contribution in [0.5, 0.6) is 11.5 Å². The number of hydrogen-bond acceptors (Lipinski definition) is 7.